The number of carbonyl (C=O) groups is 2. The molecule has 2 rings (SSSR count). The van der Waals surface area contributed by atoms with Gasteiger partial charge < -0.3 is 20.3 Å². The molecule has 6 nitrogen and oxygen atoms in total. The highest BCUT2D eigenvalue weighted by Gasteiger charge is 2.30. The number of ether oxygens (including phenoxy) is 1. The van der Waals surface area contributed by atoms with E-state index in [0.717, 1.165) is 17.0 Å². The molecule has 1 unspecified atom stereocenters. The van der Waals surface area contributed by atoms with Gasteiger partial charge in [0.2, 0.25) is 5.91 Å². The zero-order valence-electron chi connectivity index (χ0n) is 16.3. The number of hydrogen-bond acceptors (Lipinski definition) is 3. The van der Waals surface area contributed by atoms with Crippen molar-refractivity contribution < 1.29 is 32.4 Å². The number of hydrogen-bond donors (Lipinski definition) is 3. The van der Waals surface area contributed by atoms with Crippen LogP contribution in [0.25, 0.3) is 0 Å². The van der Waals surface area contributed by atoms with Gasteiger partial charge in [0.05, 0.1) is 25.4 Å². The molecule has 0 aliphatic heterocycles. The van der Waals surface area contributed by atoms with Crippen LogP contribution in [0.1, 0.15) is 18.1 Å². The molecule has 1 atom stereocenters. The molecule has 0 bridgehead atoms. The van der Waals surface area contributed by atoms with Crippen molar-refractivity contribution in [2.45, 2.75) is 19.6 Å². The third-order valence-electron chi connectivity index (χ3n) is 4.04. The van der Waals surface area contributed by atoms with Crippen molar-refractivity contribution in [3.63, 3.8) is 0 Å². The van der Waals surface area contributed by atoms with E-state index in [1.165, 1.54) is 26.2 Å². The van der Waals surface area contributed by atoms with Gasteiger partial charge in [-0.2, -0.15) is 13.2 Å². The Bertz CT molecular complexity index is 868. The van der Waals surface area contributed by atoms with Gasteiger partial charge in [-0.05, 0) is 30.3 Å². The molecule has 0 spiro atoms. The minimum Gasteiger partial charge on any atom is -0.495 e. The molecule has 0 radical (unpaired) electrons. The van der Waals surface area contributed by atoms with Crippen LogP contribution in [-0.2, 0) is 22.3 Å². The first-order valence-corrected chi connectivity index (χ1v) is 8.81. The molecule has 0 aliphatic carbocycles. The number of likely N-dealkylation sites (N-methyl/N-ethyl adjacent to an activating group) is 1. The minimum atomic E-state index is -4.37. The van der Waals surface area contributed by atoms with Gasteiger partial charge >= 0.3 is 6.18 Å². The SMILES string of the molecule is COc1ccc(NC(C)=O)cc1NC(=O)C[NH+](C)Cc1ccc(C(F)(F)F)cc1. The first-order valence-electron chi connectivity index (χ1n) is 8.81. The highest BCUT2D eigenvalue weighted by molar-refractivity contribution is 5.95. The second kappa shape index (κ2) is 9.42. The number of alkyl halides is 3. The summed E-state index contributed by atoms with van der Waals surface area (Å²) in [5.41, 5.74) is 0.904. The summed E-state index contributed by atoms with van der Waals surface area (Å²) in [5, 5.41) is 5.36. The fraction of sp³-hybridized carbons (Fsp3) is 0.300. The zero-order valence-corrected chi connectivity index (χ0v) is 16.3. The molecular formula is C20H23F3N3O3+. The largest absolute Gasteiger partial charge is 0.495 e. The maximum atomic E-state index is 12.6. The lowest BCUT2D eigenvalue weighted by Crippen LogP contribution is -3.08. The molecule has 3 N–H and O–H groups in total. The lowest BCUT2D eigenvalue weighted by atomic mass is 10.1. The molecule has 0 fully saturated rings. The van der Waals surface area contributed by atoms with Crippen molar-refractivity contribution in [3.05, 3.63) is 53.6 Å². The van der Waals surface area contributed by atoms with E-state index in [1.54, 1.807) is 25.2 Å². The summed E-state index contributed by atoms with van der Waals surface area (Å²) in [5.74, 6) is -0.103. The van der Waals surface area contributed by atoms with Crippen molar-refractivity contribution >= 4 is 23.2 Å². The predicted molar refractivity (Wildman–Crippen MR) is 103 cm³/mol. The Balaban J connectivity index is 1.98. The second-order valence-electron chi connectivity index (χ2n) is 6.65. The van der Waals surface area contributed by atoms with Crippen LogP contribution in [0.2, 0.25) is 0 Å². The summed E-state index contributed by atoms with van der Waals surface area (Å²) in [6.07, 6.45) is -4.37. The van der Waals surface area contributed by atoms with Gasteiger partial charge in [0.1, 0.15) is 12.3 Å². The van der Waals surface area contributed by atoms with E-state index in [0.29, 0.717) is 29.2 Å². The lowest BCUT2D eigenvalue weighted by molar-refractivity contribution is -0.885. The molecule has 0 saturated heterocycles. The number of anilines is 2. The molecular weight excluding hydrogens is 387 g/mol. The van der Waals surface area contributed by atoms with E-state index in [1.807, 2.05) is 0 Å². The Labute approximate surface area is 166 Å². The standard InChI is InChI=1S/C20H22F3N3O3/c1-13(27)24-16-8-9-18(29-3)17(10-16)25-19(28)12-26(2)11-14-4-6-15(7-5-14)20(21,22)23/h4-10H,11-12H2,1-3H3,(H,24,27)(H,25,28)/p+1. The summed E-state index contributed by atoms with van der Waals surface area (Å²) < 4.78 is 43.1. The van der Waals surface area contributed by atoms with E-state index >= 15 is 0 Å². The Kier molecular flexibility index (Phi) is 7.22. The zero-order chi connectivity index (χ0) is 21.6. The van der Waals surface area contributed by atoms with E-state index in [2.05, 4.69) is 10.6 Å². The third-order valence-corrected chi connectivity index (χ3v) is 4.04. The molecule has 0 aromatic heterocycles. The summed E-state index contributed by atoms with van der Waals surface area (Å²) in [4.78, 5) is 24.4. The van der Waals surface area contributed by atoms with Crippen molar-refractivity contribution in [1.29, 1.82) is 0 Å². The number of benzene rings is 2. The quantitative estimate of drug-likeness (QED) is 0.656. The second-order valence-corrected chi connectivity index (χ2v) is 6.65. The van der Waals surface area contributed by atoms with Gasteiger partial charge in [-0.1, -0.05) is 12.1 Å². The third kappa shape index (κ3) is 6.79. The van der Waals surface area contributed by atoms with Crippen LogP contribution >= 0.6 is 0 Å². The summed E-state index contributed by atoms with van der Waals surface area (Å²) in [7, 11) is 3.23. The van der Waals surface area contributed by atoms with Gasteiger partial charge in [-0.15, -0.1) is 0 Å². The first-order chi connectivity index (χ1) is 13.6. The molecule has 2 aromatic carbocycles. The van der Waals surface area contributed by atoms with Crippen molar-refractivity contribution in [1.82, 2.24) is 0 Å². The van der Waals surface area contributed by atoms with Gasteiger partial charge in [0.15, 0.2) is 6.54 Å². The Morgan fingerprint density at radius 1 is 1.07 bits per heavy atom. The van der Waals surface area contributed by atoms with E-state index in [4.69, 9.17) is 4.74 Å². The minimum absolute atomic E-state index is 0.0918. The average Bonchev–Trinajstić information content (AvgIpc) is 2.61. The average molecular weight is 410 g/mol. The fourth-order valence-electron chi connectivity index (χ4n) is 2.78. The van der Waals surface area contributed by atoms with Crippen molar-refractivity contribution in [2.24, 2.45) is 0 Å². The number of nitrogens with one attached hydrogen (secondary N) is 3. The monoisotopic (exact) mass is 410 g/mol. The van der Waals surface area contributed by atoms with E-state index < -0.39 is 11.7 Å². The highest BCUT2D eigenvalue weighted by atomic mass is 19.4. The summed E-state index contributed by atoms with van der Waals surface area (Å²) >= 11 is 0. The van der Waals surface area contributed by atoms with Gasteiger partial charge in [-0.3, -0.25) is 9.59 Å². The maximum Gasteiger partial charge on any atom is 0.416 e. The molecule has 0 heterocycles. The first kappa shape index (κ1) is 22.2. The van der Waals surface area contributed by atoms with Crippen LogP contribution < -0.4 is 20.3 Å². The Hall–Kier alpha value is -3.07. The van der Waals surface area contributed by atoms with Crippen LogP contribution in [0.4, 0.5) is 24.5 Å². The maximum absolute atomic E-state index is 12.6. The van der Waals surface area contributed by atoms with Gasteiger partial charge in [0.25, 0.3) is 5.91 Å². The van der Waals surface area contributed by atoms with E-state index in [-0.39, 0.29) is 18.4 Å². The Morgan fingerprint density at radius 3 is 2.28 bits per heavy atom. The van der Waals surface area contributed by atoms with Crippen LogP contribution in [0.15, 0.2) is 42.5 Å². The number of carbonyl (C=O) groups excluding carboxylic acids is 2. The number of methoxy groups -OCH3 is 1. The number of amides is 2. The van der Waals surface area contributed by atoms with Gasteiger partial charge in [0, 0.05) is 18.2 Å². The van der Waals surface area contributed by atoms with Crippen molar-refractivity contribution in [2.75, 3.05) is 31.3 Å². The molecule has 9 heteroatoms. The topological polar surface area (TPSA) is 71.9 Å². The smallest absolute Gasteiger partial charge is 0.416 e. The number of halogens is 3. The summed E-state index contributed by atoms with van der Waals surface area (Å²) in [6, 6.07) is 9.73. The van der Waals surface area contributed by atoms with Crippen LogP contribution in [0.3, 0.4) is 0 Å². The Morgan fingerprint density at radius 2 is 1.72 bits per heavy atom. The van der Waals surface area contributed by atoms with Crippen molar-refractivity contribution in [3.8, 4) is 5.75 Å². The van der Waals surface area contributed by atoms with E-state index in [9.17, 15) is 22.8 Å². The lowest BCUT2D eigenvalue weighted by Gasteiger charge is -2.16. The number of rotatable bonds is 7. The summed E-state index contributed by atoms with van der Waals surface area (Å²) in [6.45, 7) is 1.85. The normalized spacial score (nSPS) is 12.2. The number of quaternary nitrogens is 1. The molecule has 2 amide bonds. The molecule has 2 aromatic rings. The predicted octanol–water partition coefficient (Wildman–Crippen LogP) is 2.33. The fourth-order valence-corrected chi connectivity index (χ4v) is 2.78. The van der Waals surface area contributed by atoms with Gasteiger partial charge in [-0.25, -0.2) is 0 Å². The molecule has 29 heavy (non-hydrogen) atoms. The van der Waals surface area contributed by atoms with Crippen LogP contribution in [0, 0.1) is 0 Å². The van der Waals surface area contributed by atoms with Crippen LogP contribution in [-0.4, -0.2) is 32.5 Å². The molecule has 0 saturated carbocycles. The highest BCUT2D eigenvalue weighted by Crippen LogP contribution is 2.29. The van der Waals surface area contributed by atoms with Crippen LogP contribution in [0.5, 0.6) is 5.75 Å². The molecule has 0 aliphatic rings. The molecule has 156 valence electrons.